The lowest BCUT2D eigenvalue weighted by molar-refractivity contribution is -0.384. The number of likely N-dealkylation sites (N-methyl/N-ethyl adjacent to an activating group) is 1. The van der Waals surface area contributed by atoms with Gasteiger partial charge in [-0.2, -0.15) is 0 Å². The van der Waals surface area contributed by atoms with Crippen LogP contribution in [0, 0.1) is 10.1 Å². The summed E-state index contributed by atoms with van der Waals surface area (Å²) in [4.78, 5) is 24.8. The lowest BCUT2D eigenvalue weighted by Gasteiger charge is -2.25. The first kappa shape index (κ1) is 17.6. The Morgan fingerprint density at radius 3 is 2.50 bits per heavy atom. The minimum Gasteiger partial charge on any atom is -0.339 e. The average molecular weight is 348 g/mol. The van der Waals surface area contributed by atoms with E-state index in [0.717, 1.165) is 21.9 Å². The van der Waals surface area contributed by atoms with Crippen LogP contribution in [-0.4, -0.2) is 22.8 Å². The van der Waals surface area contributed by atoms with Crippen molar-refractivity contribution in [1.82, 2.24) is 4.90 Å². The van der Waals surface area contributed by atoms with Gasteiger partial charge in [-0.15, -0.1) is 0 Å². The summed E-state index contributed by atoms with van der Waals surface area (Å²) in [5.74, 6) is -0.0284. The van der Waals surface area contributed by atoms with Gasteiger partial charge in [0.2, 0.25) is 5.91 Å². The Morgan fingerprint density at radius 1 is 1.04 bits per heavy atom. The van der Waals surface area contributed by atoms with Gasteiger partial charge in [-0.1, -0.05) is 54.6 Å². The van der Waals surface area contributed by atoms with Crippen molar-refractivity contribution >= 4 is 22.4 Å². The van der Waals surface area contributed by atoms with E-state index in [1.807, 2.05) is 49.4 Å². The van der Waals surface area contributed by atoms with E-state index in [0.29, 0.717) is 6.42 Å². The molecule has 26 heavy (non-hydrogen) atoms. The van der Waals surface area contributed by atoms with Gasteiger partial charge in [-0.3, -0.25) is 14.9 Å². The summed E-state index contributed by atoms with van der Waals surface area (Å²) in [5, 5.41) is 13.2. The SMILES string of the molecule is CC(c1cccc([N+](=O)[O-])c1)N(C)C(=O)Cc1ccc2ccccc2c1. The molecule has 0 N–H and O–H groups in total. The number of carbonyl (C=O) groups is 1. The van der Waals surface area contributed by atoms with Crippen LogP contribution in [0.25, 0.3) is 10.8 Å². The van der Waals surface area contributed by atoms with Crippen molar-refractivity contribution in [2.45, 2.75) is 19.4 Å². The molecule has 3 rings (SSSR count). The van der Waals surface area contributed by atoms with Crippen molar-refractivity contribution in [3.8, 4) is 0 Å². The molecule has 0 aliphatic heterocycles. The van der Waals surface area contributed by atoms with E-state index in [2.05, 4.69) is 0 Å². The van der Waals surface area contributed by atoms with E-state index in [1.54, 1.807) is 24.1 Å². The quantitative estimate of drug-likeness (QED) is 0.503. The molecule has 0 aliphatic rings. The van der Waals surface area contributed by atoms with Gasteiger partial charge < -0.3 is 4.90 Å². The molecule has 132 valence electrons. The van der Waals surface area contributed by atoms with E-state index < -0.39 is 4.92 Å². The number of nitro groups is 1. The second kappa shape index (κ2) is 7.35. The van der Waals surface area contributed by atoms with Crippen molar-refractivity contribution < 1.29 is 9.72 Å². The van der Waals surface area contributed by atoms with Crippen LogP contribution < -0.4 is 0 Å². The summed E-state index contributed by atoms with van der Waals surface area (Å²) < 4.78 is 0. The Kier molecular flexibility index (Phi) is 4.98. The Balaban J connectivity index is 1.75. The second-order valence-corrected chi connectivity index (χ2v) is 6.39. The third kappa shape index (κ3) is 3.72. The lowest BCUT2D eigenvalue weighted by Crippen LogP contribution is -2.31. The molecule has 0 aliphatic carbocycles. The molecule has 0 saturated carbocycles. The number of fused-ring (bicyclic) bond motifs is 1. The zero-order chi connectivity index (χ0) is 18.7. The molecule has 3 aromatic rings. The van der Waals surface area contributed by atoms with E-state index in [9.17, 15) is 14.9 Å². The standard InChI is InChI=1S/C21H20N2O3/c1-15(18-8-5-9-20(14-18)23(25)26)22(2)21(24)13-16-10-11-17-6-3-4-7-19(17)12-16/h3-12,14-15H,13H2,1-2H3. The number of nitro benzene ring substituents is 1. The highest BCUT2D eigenvalue weighted by atomic mass is 16.6. The molecular formula is C21H20N2O3. The maximum absolute atomic E-state index is 12.7. The van der Waals surface area contributed by atoms with Gasteiger partial charge in [0.25, 0.3) is 5.69 Å². The van der Waals surface area contributed by atoms with Crippen molar-refractivity contribution in [1.29, 1.82) is 0 Å². The van der Waals surface area contributed by atoms with Crippen LogP contribution in [-0.2, 0) is 11.2 Å². The molecule has 0 fully saturated rings. The summed E-state index contributed by atoms with van der Waals surface area (Å²) >= 11 is 0. The molecule has 1 amide bonds. The van der Waals surface area contributed by atoms with E-state index in [1.165, 1.54) is 12.1 Å². The summed E-state index contributed by atoms with van der Waals surface area (Å²) in [6, 6.07) is 20.2. The smallest absolute Gasteiger partial charge is 0.269 e. The Morgan fingerprint density at radius 2 is 1.77 bits per heavy atom. The van der Waals surface area contributed by atoms with Crippen LogP contribution >= 0.6 is 0 Å². The number of hydrogen-bond donors (Lipinski definition) is 0. The van der Waals surface area contributed by atoms with Gasteiger partial charge in [0.05, 0.1) is 17.4 Å². The van der Waals surface area contributed by atoms with Crippen LogP contribution in [0.1, 0.15) is 24.1 Å². The minimum absolute atomic E-state index is 0.0284. The van der Waals surface area contributed by atoms with Crippen LogP contribution in [0.3, 0.4) is 0 Å². The van der Waals surface area contributed by atoms with Crippen molar-refractivity contribution in [2.24, 2.45) is 0 Å². The number of benzene rings is 3. The van der Waals surface area contributed by atoms with Crippen LogP contribution in [0.15, 0.2) is 66.7 Å². The normalized spacial score (nSPS) is 11.9. The second-order valence-electron chi connectivity index (χ2n) is 6.39. The molecule has 0 spiro atoms. The summed E-state index contributed by atoms with van der Waals surface area (Å²) in [6.07, 6.45) is 0.292. The molecule has 1 atom stereocenters. The summed E-state index contributed by atoms with van der Waals surface area (Å²) in [5.41, 5.74) is 1.73. The molecule has 0 saturated heterocycles. The van der Waals surface area contributed by atoms with Crippen LogP contribution in [0.2, 0.25) is 0 Å². The lowest BCUT2D eigenvalue weighted by atomic mass is 10.0. The first-order valence-electron chi connectivity index (χ1n) is 8.43. The molecule has 5 nitrogen and oxygen atoms in total. The first-order valence-corrected chi connectivity index (χ1v) is 8.43. The largest absolute Gasteiger partial charge is 0.339 e. The number of hydrogen-bond acceptors (Lipinski definition) is 3. The highest BCUT2D eigenvalue weighted by Crippen LogP contribution is 2.24. The molecule has 0 bridgehead atoms. The third-order valence-electron chi connectivity index (χ3n) is 4.71. The van der Waals surface area contributed by atoms with Gasteiger partial charge in [0.15, 0.2) is 0 Å². The molecule has 3 aromatic carbocycles. The van der Waals surface area contributed by atoms with Gasteiger partial charge in [-0.05, 0) is 28.8 Å². The number of carbonyl (C=O) groups excluding carboxylic acids is 1. The molecule has 0 radical (unpaired) electrons. The molecular weight excluding hydrogens is 328 g/mol. The van der Waals surface area contributed by atoms with Crippen molar-refractivity contribution in [2.75, 3.05) is 7.05 Å². The van der Waals surface area contributed by atoms with Crippen molar-refractivity contribution in [3.63, 3.8) is 0 Å². The fraction of sp³-hybridized carbons (Fsp3) is 0.190. The predicted octanol–water partition coefficient (Wildman–Crippen LogP) is 4.51. The maximum Gasteiger partial charge on any atom is 0.269 e. The number of amides is 1. The van der Waals surface area contributed by atoms with Crippen LogP contribution in [0.5, 0.6) is 0 Å². The number of nitrogens with zero attached hydrogens (tertiary/aromatic N) is 2. The van der Waals surface area contributed by atoms with Crippen LogP contribution in [0.4, 0.5) is 5.69 Å². The van der Waals surface area contributed by atoms with Gasteiger partial charge in [-0.25, -0.2) is 0 Å². The number of rotatable bonds is 5. The monoisotopic (exact) mass is 348 g/mol. The summed E-state index contributed by atoms with van der Waals surface area (Å²) in [7, 11) is 1.73. The topological polar surface area (TPSA) is 63.5 Å². The predicted molar refractivity (Wildman–Crippen MR) is 102 cm³/mol. The van der Waals surface area contributed by atoms with Gasteiger partial charge >= 0.3 is 0 Å². The van der Waals surface area contributed by atoms with E-state index in [-0.39, 0.29) is 17.6 Å². The zero-order valence-electron chi connectivity index (χ0n) is 14.8. The first-order chi connectivity index (χ1) is 12.5. The van der Waals surface area contributed by atoms with E-state index in [4.69, 9.17) is 0 Å². The number of non-ortho nitro benzene ring substituents is 1. The zero-order valence-corrected chi connectivity index (χ0v) is 14.8. The summed E-state index contributed by atoms with van der Waals surface area (Å²) in [6.45, 7) is 1.87. The van der Waals surface area contributed by atoms with E-state index >= 15 is 0 Å². The molecule has 0 heterocycles. The van der Waals surface area contributed by atoms with Gasteiger partial charge in [0, 0.05) is 19.2 Å². The Labute approximate surface area is 152 Å². The Hall–Kier alpha value is -3.21. The van der Waals surface area contributed by atoms with Gasteiger partial charge in [0.1, 0.15) is 0 Å². The fourth-order valence-electron chi connectivity index (χ4n) is 2.99. The maximum atomic E-state index is 12.7. The van der Waals surface area contributed by atoms with Crippen molar-refractivity contribution in [3.05, 3.63) is 88.0 Å². The highest BCUT2D eigenvalue weighted by Gasteiger charge is 2.19. The Bertz CT molecular complexity index is 968. The highest BCUT2D eigenvalue weighted by molar-refractivity contribution is 5.85. The molecule has 5 heteroatoms. The molecule has 1 unspecified atom stereocenters. The average Bonchev–Trinajstić information content (AvgIpc) is 2.66. The molecule has 0 aromatic heterocycles. The fourth-order valence-corrected chi connectivity index (χ4v) is 2.99. The third-order valence-corrected chi connectivity index (χ3v) is 4.71. The minimum atomic E-state index is -0.423.